The lowest BCUT2D eigenvalue weighted by atomic mass is 9.73. The maximum Gasteiger partial charge on any atom is 0.0611 e. The van der Waals surface area contributed by atoms with E-state index in [9.17, 15) is 0 Å². The van der Waals surface area contributed by atoms with Crippen molar-refractivity contribution in [2.24, 2.45) is 5.73 Å². The number of nitrogens with two attached hydrogens (primary N) is 1. The molecule has 94 valence electrons. The van der Waals surface area contributed by atoms with Gasteiger partial charge in [0.15, 0.2) is 0 Å². The minimum Gasteiger partial charge on any atom is -0.378 e. The predicted molar refractivity (Wildman–Crippen MR) is 66.4 cm³/mol. The highest BCUT2D eigenvalue weighted by Crippen LogP contribution is 2.35. The van der Waals surface area contributed by atoms with Crippen molar-refractivity contribution in [3.8, 4) is 0 Å². The average Bonchev–Trinajstić information content (AvgIpc) is 2.27. The van der Waals surface area contributed by atoms with Gasteiger partial charge in [0.2, 0.25) is 0 Å². The molecule has 3 N–H and O–H groups in total. The second-order valence-corrected chi connectivity index (χ2v) is 5.45. The van der Waals surface area contributed by atoms with E-state index in [2.05, 4.69) is 12.2 Å². The molecule has 0 amide bonds. The fraction of sp³-hybridized carbons (Fsp3) is 1.00. The van der Waals surface area contributed by atoms with Crippen molar-refractivity contribution in [3.05, 3.63) is 0 Å². The van der Waals surface area contributed by atoms with Gasteiger partial charge in [-0.15, -0.1) is 0 Å². The van der Waals surface area contributed by atoms with Crippen molar-refractivity contribution in [1.29, 1.82) is 0 Å². The largest absolute Gasteiger partial charge is 0.378 e. The van der Waals surface area contributed by atoms with Crippen molar-refractivity contribution < 1.29 is 4.74 Å². The van der Waals surface area contributed by atoms with Crippen LogP contribution in [0.25, 0.3) is 0 Å². The Morgan fingerprint density at radius 1 is 1.25 bits per heavy atom. The van der Waals surface area contributed by atoms with Crippen LogP contribution < -0.4 is 11.1 Å². The van der Waals surface area contributed by atoms with Crippen LogP contribution in [-0.4, -0.2) is 30.8 Å². The third-order valence-corrected chi connectivity index (χ3v) is 4.15. The van der Waals surface area contributed by atoms with E-state index in [1.807, 2.05) is 0 Å². The van der Waals surface area contributed by atoms with Gasteiger partial charge in [-0.05, 0) is 32.6 Å². The molecule has 0 unspecified atom stereocenters. The minimum atomic E-state index is 0.196. The van der Waals surface area contributed by atoms with Gasteiger partial charge in [-0.1, -0.05) is 19.3 Å². The molecule has 0 spiro atoms. The summed E-state index contributed by atoms with van der Waals surface area (Å²) in [6.07, 6.45) is 9.50. The second kappa shape index (κ2) is 5.48. The third kappa shape index (κ3) is 2.76. The molecule has 0 saturated heterocycles. The van der Waals surface area contributed by atoms with Gasteiger partial charge in [-0.3, -0.25) is 0 Å². The van der Waals surface area contributed by atoms with Crippen LogP contribution in [0.3, 0.4) is 0 Å². The first-order valence-corrected chi connectivity index (χ1v) is 6.87. The van der Waals surface area contributed by atoms with Gasteiger partial charge in [0.05, 0.1) is 6.10 Å². The molecule has 0 aromatic rings. The summed E-state index contributed by atoms with van der Waals surface area (Å²) in [5.74, 6) is 0. The summed E-state index contributed by atoms with van der Waals surface area (Å²) in [4.78, 5) is 0. The van der Waals surface area contributed by atoms with Gasteiger partial charge < -0.3 is 15.8 Å². The molecule has 0 atom stereocenters. The van der Waals surface area contributed by atoms with Crippen LogP contribution in [0.1, 0.15) is 51.9 Å². The minimum absolute atomic E-state index is 0.196. The molecule has 0 aromatic heterocycles. The van der Waals surface area contributed by atoms with Crippen molar-refractivity contribution in [2.45, 2.75) is 69.6 Å². The van der Waals surface area contributed by atoms with Crippen LogP contribution in [0.5, 0.6) is 0 Å². The number of nitrogens with one attached hydrogen (secondary N) is 1. The Morgan fingerprint density at radius 3 is 2.50 bits per heavy atom. The molecule has 0 radical (unpaired) electrons. The Balaban J connectivity index is 1.77. The Kier molecular flexibility index (Phi) is 4.22. The monoisotopic (exact) mass is 226 g/mol. The van der Waals surface area contributed by atoms with E-state index in [0.29, 0.717) is 12.1 Å². The van der Waals surface area contributed by atoms with Crippen LogP contribution in [0.2, 0.25) is 0 Å². The van der Waals surface area contributed by atoms with Crippen molar-refractivity contribution in [2.75, 3.05) is 13.2 Å². The molecule has 2 saturated carbocycles. The number of hydrogen-bond donors (Lipinski definition) is 2. The molecule has 0 heterocycles. The molecule has 2 aliphatic carbocycles. The number of ether oxygens (including phenoxy) is 1. The van der Waals surface area contributed by atoms with Crippen molar-refractivity contribution in [1.82, 2.24) is 5.32 Å². The first kappa shape index (κ1) is 12.3. The van der Waals surface area contributed by atoms with Gasteiger partial charge >= 0.3 is 0 Å². The maximum atomic E-state index is 5.93. The van der Waals surface area contributed by atoms with E-state index in [4.69, 9.17) is 10.5 Å². The Bertz CT molecular complexity index is 208. The maximum absolute atomic E-state index is 5.93. The Morgan fingerprint density at radius 2 is 1.94 bits per heavy atom. The smallest absolute Gasteiger partial charge is 0.0611 e. The zero-order chi connectivity index (χ0) is 11.4. The summed E-state index contributed by atoms with van der Waals surface area (Å²) in [5.41, 5.74) is 6.12. The third-order valence-electron chi connectivity index (χ3n) is 4.15. The van der Waals surface area contributed by atoms with E-state index < -0.39 is 0 Å². The van der Waals surface area contributed by atoms with Crippen LogP contribution in [-0.2, 0) is 4.74 Å². The molecule has 0 aromatic carbocycles. The topological polar surface area (TPSA) is 47.3 Å². The summed E-state index contributed by atoms with van der Waals surface area (Å²) in [6, 6.07) is 0.708. The molecule has 0 bridgehead atoms. The molecular weight excluding hydrogens is 200 g/mol. The lowest BCUT2D eigenvalue weighted by Gasteiger charge is -2.49. The first-order valence-electron chi connectivity index (χ1n) is 6.87. The van der Waals surface area contributed by atoms with Crippen LogP contribution >= 0.6 is 0 Å². The fourth-order valence-corrected chi connectivity index (χ4v) is 3.19. The molecule has 0 aliphatic heterocycles. The molecule has 2 aliphatic rings. The quantitative estimate of drug-likeness (QED) is 0.751. The molecule has 16 heavy (non-hydrogen) atoms. The first-order chi connectivity index (χ1) is 7.78. The highest BCUT2D eigenvalue weighted by molar-refractivity contribution is 5.04. The summed E-state index contributed by atoms with van der Waals surface area (Å²) < 4.78 is 5.63. The highest BCUT2D eigenvalue weighted by atomic mass is 16.5. The standard InChI is InChI=1S/C13H26N2O/c1-2-16-12-8-13(9-12,10-14)15-11-6-4-3-5-7-11/h11-12,15H,2-10,14H2,1H3. The van der Waals surface area contributed by atoms with Gasteiger partial charge in [0, 0.05) is 24.7 Å². The molecule has 3 nitrogen and oxygen atoms in total. The van der Waals surface area contributed by atoms with E-state index in [-0.39, 0.29) is 5.54 Å². The normalized spacial score (nSPS) is 36.0. The predicted octanol–water partition coefficient (Wildman–Crippen LogP) is 1.81. The van der Waals surface area contributed by atoms with Gasteiger partial charge in [0.1, 0.15) is 0 Å². The zero-order valence-corrected chi connectivity index (χ0v) is 10.5. The summed E-state index contributed by atoms with van der Waals surface area (Å²) >= 11 is 0. The molecule has 2 rings (SSSR count). The van der Waals surface area contributed by atoms with E-state index >= 15 is 0 Å². The van der Waals surface area contributed by atoms with E-state index in [1.165, 1.54) is 32.1 Å². The fourth-order valence-electron chi connectivity index (χ4n) is 3.19. The molecule has 3 heteroatoms. The van der Waals surface area contributed by atoms with Crippen LogP contribution in [0.15, 0.2) is 0 Å². The number of hydrogen-bond acceptors (Lipinski definition) is 3. The lowest BCUT2D eigenvalue weighted by Crippen LogP contribution is -2.65. The van der Waals surface area contributed by atoms with Gasteiger partial charge in [0.25, 0.3) is 0 Å². The van der Waals surface area contributed by atoms with Crippen molar-refractivity contribution in [3.63, 3.8) is 0 Å². The molecular formula is C13H26N2O. The van der Waals surface area contributed by atoms with Crippen LogP contribution in [0.4, 0.5) is 0 Å². The van der Waals surface area contributed by atoms with Crippen LogP contribution in [0, 0.1) is 0 Å². The van der Waals surface area contributed by atoms with Gasteiger partial charge in [-0.25, -0.2) is 0 Å². The Labute approximate surface area is 99.1 Å². The van der Waals surface area contributed by atoms with Gasteiger partial charge in [-0.2, -0.15) is 0 Å². The van der Waals surface area contributed by atoms with E-state index in [0.717, 1.165) is 26.0 Å². The lowest BCUT2D eigenvalue weighted by molar-refractivity contribution is -0.0525. The SMILES string of the molecule is CCOC1CC(CN)(NC2CCCCC2)C1. The molecule has 2 fully saturated rings. The number of rotatable bonds is 5. The van der Waals surface area contributed by atoms with E-state index in [1.54, 1.807) is 0 Å². The second-order valence-electron chi connectivity index (χ2n) is 5.45. The summed E-state index contributed by atoms with van der Waals surface area (Å²) in [5, 5.41) is 3.80. The zero-order valence-electron chi connectivity index (χ0n) is 10.5. The summed E-state index contributed by atoms with van der Waals surface area (Å²) in [7, 11) is 0. The average molecular weight is 226 g/mol. The summed E-state index contributed by atoms with van der Waals surface area (Å²) in [6.45, 7) is 3.65. The highest BCUT2D eigenvalue weighted by Gasteiger charge is 2.44. The van der Waals surface area contributed by atoms with Crippen molar-refractivity contribution >= 4 is 0 Å². The Hall–Kier alpha value is -0.120.